The van der Waals surface area contributed by atoms with Gasteiger partial charge in [-0.2, -0.15) is 0 Å². The Balaban J connectivity index is 1.26. The van der Waals surface area contributed by atoms with E-state index < -0.39 is 0 Å². The third kappa shape index (κ3) is 3.43. The topological polar surface area (TPSA) is 54.3 Å². The molecule has 0 radical (unpaired) electrons. The van der Waals surface area contributed by atoms with Crippen molar-refractivity contribution in [3.05, 3.63) is 71.3 Å². The fraction of sp³-hybridized carbons (Fsp3) is 0.423. The average Bonchev–Trinajstić information content (AvgIpc) is 3.39. The Kier molecular flexibility index (Phi) is 5.02. The Morgan fingerprint density at radius 3 is 2.34 bits per heavy atom. The molecular formula is C26H29N5O. The number of aromatic nitrogens is 3. The molecule has 6 heteroatoms. The monoisotopic (exact) mass is 427 g/mol. The van der Waals surface area contributed by atoms with Crippen LogP contribution in [0.3, 0.4) is 0 Å². The van der Waals surface area contributed by atoms with Crippen molar-refractivity contribution in [3.8, 4) is 0 Å². The summed E-state index contributed by atoms with van der Waals surface area (Å²) >= 11 is 0. The van der Waals surface area contributed by atoms with Crippen molar-refractivity contribution >= 4 is 17.3 Å². The van der Waals surface area contributed by atoms with Gasteiger partial charge in [0.25, 0.3) is 0 Å². The smallest absolute Gasteiger partial charge is 0.245 e. The minimum Gasteiger partial charge on any atom is -0.315 e. The van der Waals surface area contributed by atoms with E-state index in [2.05, 4.69) is 56.1 Å². The van der Waals surface area contributed by atoms with E-state index in [1.807, 2.05) is 17.0 Å². The molecule has 3 aliphatic rings. The van der Waals surface area contributed by atoms with Crippen molar-refractivity contribution < 1.29 is 4.79 Å². The van der Waals surface area contributed by atoms with Crippen LogP contribution in [0.15, 0.2) is 48.5 Å². The molecule has 0 aliphatic carbocycles. The molecule has 1 unspecified atom stereocenters. The summed E-state index contributed by atoms with van der Waals surface area (Å²) in [5.74, 6) is 2.77. The molecule has 3 aromatic rings. The number of hydrogen-bond acceptors (Lipinski definition) is 4. The summed E-state index contributed by atoms with van der Waals surface area (Å²) in [5, 5.41) is 8.94. The number of benzene rings is 2. The zero-order valence-corrected chi connectivity index (χ0v) is 18.4. The second-order valence-corrected chi connectivity index (χ2v) is 9.29. The molecule has 4 heterocycles. The fourth-order valence-corrected chi connectivity index (χ4v) is 5.70. The van der Waals surface area contributed by atoms with Crippen molar-refractivity contribution in [1.82, 2.24) is 19.7 Å². The van der Waals surface area contributed by atoms with E-state index >= 15 is 0 Å². The lowest BCUT2D eigenvalue weighted by Crippen LogP contribution is -2.43. The molecular weight excluding hydrogens is 398 g/mol. The Labute approximate surface area is 188 Å². The van der Waals surface area contributed by atoms with E-state index in [1.54, 1.807) is 0 Å². The van der Waals surface area contributed by atoms with Crippen LogP contribution in [0.1, 0.15) is 48.0 Å². The van der Waals surface area contributed by atoms with Crippen LogP contribution in [0.2, 0.25) is 0 Å². The standard InChI is InChI=1S/C26H29N5O/c32-25(18-29-15-5-9-21(17-29)26-28-27-24-12-6-16-30(24)26)31-22-10-3-1-7-19(22)13-14-20-8-2-4-11-23(20)31/h1-4,7-8,10-11,21H,5-6,9,12-18H2. The second kappa shape index (κ2) is 8.17. The van der Waals surface area contributed by atoms with Gasteiger partial charge in [0.15, 0.2) is 0 Å². The van der Waals surface area contributed by atoms with E-state index in [9.17, 15) is 4.79 Å². The minimum atomic E-state index is 0.152. The Bertz CT molecular complexity index is 1110. The van der Waals surface area contributed by atoms with Gasteiger partial charge in [0.1, 0.15) is 11.6 Å². The van der Waals surface area contributed by atoms with E-state index in [1.165, 1.54) is 17.5 Å². The van der Waals surface area contributed by atoms with Crippen molar-refractivity contribution in [2.24, 2.45) is 0 Å². The summed E-state index contributed by atoms with van der Waals surface area (Å²) in [6.45, 7) is 3.30. The van der Waals surface area contributed by atoms with Gasteiger partial charge in [-0.3, -0.25) is 14.6 Å². The predicted octanol–water partition coefficient (Wildman–Crippen LogP) is 3.87. The Morgan fingerprint density at radius 2 is 1.59 bits per heavy atom. The van der Waals surface area contributed by atoms with Crippen LogP contribution >= 0.6 is 0 Å². The number of carbonyl (C=O) groups is 1. The summed E-state index contributed by atoms with van der Waals surface area (Å²) in [4.78, 5) is 18.1. The number of para-hydroxylation sites is 2. The van der Waals surface area contributed by atoms with Gasteiger partial charge in [0.05, 0.1) is 17.9 Å². The molecule has 1 saturated heterocycles. The first-order valence-electron chi connectivity index (χ1n) is 11.9. The van der Waals surface area contributed by atoms with Gasteiger partial charge < -0.3 is 4.57 Å². The summed E-state index contributed by atoms with van der Waals surface area (Å²) < 4.78 is 2.32. The summed E-state index contributed by atoms with van der Waals surface area (Å²) in [6.07, 6.45) is 6.34. The van der Waals surface area contributed by atoms with Gasteiger partial charge >= 0.3 is 0 Å². The lowest BCUT2D eigenvalue weighted by atomic mass is 9.97. The van der Waals surface area contributed by atoms with Gasteiger partial charge in [-0.05, 0) is 61.9 Å². The number of carbonyl (C=O) groups excluding carboxylic acids is 1. The number of likely N-dealkylation sites (tertiary alicyclic amines) is 1. The number of nitrogens with zero attached hydrogens (tertiary/aromatic N) is 5. The molecule has 1 atom stereocenters. The van der Waals surface area contributed by atoms with Gasteiger partial charge in [-0.25, -0.2) is 0 Å². The number of hydrogen-bond donors (Lipinski definition) is 0. The van der Waals surface area contributed by atoms with Crippen LogP contribution in [-0.2, 0) is 30.6 Å². The van der Waals surface area contributed by atoms with Crippen molar-refractivity contribution in [1.29, 1.82) is 0 Å². The molecule has 1 aromatic heterocycles. The van der Waals surface area contributed by atoms with Crippen LogP contribution in [-0.4, -0.2) is 45.2 Å². The van der Waals surface area contributed by atoms with Crippen LogP contribution in [0.5, 0.6) is 0 Å². The highest BCUT2D eigenvalue weighted by Crippen LogP contribution is 2.36. The molecule has 6 rings (SSSR count). The third-order valence-electron chi connectivity index (χ3n) is 7.25. The fourth-order valence-electron chi connectivity index (χ4n) is 5.70. The second-order valence-electron chi connectivity index (χ2n) is 9.29. The third-order valence-corrected chi connectivity index (χ3v) is 7.25. The van der Waals surface area contributed by atoms with Crippen LogP contribution in [0.4, 0.5) is 11.4 Å². The molecule has 0 N–H and O–H groups in total. The van der Waals surface area contributed by atoms with Crippen molar-refractivity contribution in [2.75, 3.05) is 24.5 Å². The molecule has 164 valence electrons. The van der Waals surface area contributed by atoms with Crippen LogP contribution < -0.4 is 4.90 Å². The first-order valence-corrected chi connectivity index (χ1v) is 11.9. The highest BCUT2D eigenvalue weighted by Gasteiger charge is 2.31. The molecule has 0 bridgehead atoms. The lowest BCUT2D eigenvalue weighted by molar-refractivity contribution is -0.119. The Hall–Kier alpha value is -2.99. The maximum atomic E-state index is 13.8. The number of piperidine rings is 1. The zero-order chi connectivity index (χ0) is 21.5. The highest BCUT2D eigenvalue weighted by atomic mass is 16.2. The van der Waals surface area contributed by atoms with Gasteiger partial charge in [-0.1, -0.05) is 36.4 Å². The summed E-state index contributed by atoms with van der Waals surface area (Å²) in [7, 11) is 0. The average molecular weight is 428 g/mol. The van der Waals surface area contributed by atoms with Gasteiger partial charge in [0, 0.05) is 25.4 Å². The van der Waals surface area contributed by atoms with E-state index in [4.69, 9.17) is 0 Å². The number of fused-ring (bicyclic) bond motifs is 3. The molecule has 3 aliphatic heterocycles. The molecule has 0 spiro atoms. The first kappa shape index (κ1) is 19.7. The maximum Gasteiger partial charge on any atom is 0.245 e. The molecule has 1 amide bonds. The van der Waals surface area contributed by atoms with E-state index in [-0.39, 0.29) is 5.91 Å². The number of rotatable bonds is 3. The highest BCUT2D eigenvalue weighted by molar-refractivity contribution is 6.03. The quantitative estimate of drug-likeness (QED) is 0.637. The van der Waals surface area contributed by atoms with Gasteiger partial charge in [-0.15, -0.1) is 10.2 Å². The molecule has 2 aromatic carbocycles. The summed E-state index contributed by atoms with van der Waals surface area (Å²) in [5.41, 5.74) is 4.55. The van der Waals surface area contributed by atoms with E-state index in [0.717, 1.165) is 74.8 Å². The Morgan fingerprint density at radius 1 is 0.875 bits per heavy atom. The molecule has 6 nitrogen and oxygen atoms in total. The zero-order valence-electron chi connectivity index (χ0n) is 18.4. The maximum absolute atomic E-state index is 13.8. The normalized spacial score (nSPS) is 20.4. The largest absolute Gasteiger partial charge is 0.315 e. The number of aryl methyl sites for hydroxylation is 3. The molecule has 1 fully saturated rings. The van der Waals surface area contributed by atoms with Crippen molar-refractivity contribution in [2.45, 2.75) is 51.0 Å². The molecule has 32 heavy (non-hydrogen) atoms. The van der Waals surface area contributed by atoms with Gasteiger partial charge in [0.2, 0.25) is 5.91 Å². The minimum absolute atomic E-state index is 0.152. The SMILES string of the molecule is O=C(CN1CCCC(c2nnc3n2CCC3)C1)N1c2ccccc2CCc2ccccc21. The number of anilines is 2. The van der Waals surface area contributed by atoms with E-state index in [0.29, 0.717) is 12.5 Å². The van der Waals surface area contributed by atoms with Crippen LogP contribution in [0.25, 0.3) is 0 Å². The van der Waals surface area contributed by atoms with Crippen LogP contribution in [0, 0.1) is 0 Å². The first-order chi connectivity index (χ1) is 15.8. The summed E-state index contributed by atoms with van der Waals surface area (Å²) in [6, 6.07) is 16.7. The predicted molar refractivity (Wildman–Crippen MR) is 124 cm³/mol. The molecule has 0 saturated carbocycles. The van der Waals surface area contributed by atoms with Crippen molar-refractivity contribution in [3.63, 3.8) is 0 Å². The number of amides is 1. The lowest BCUT2D eigenvalue weighted by Gasteiger charge is -2.34.